The van der Waals surface area contributed by atoms with Crippen molar-refractivity contribution in [2.24, 2.45) is 0 Å². The number of methoxy groups -OCH3 is 4. The molecular formula is C22H22N2O7. The summed E-state index contributed by atoms with van der Waals surface area (Å²) in [5, 5.41) is 0.788. The lowest BCUT2D eigenvalue weighted by Crippen LogP contribution is -2.36. The van der Waals surface area contributed by atoms with Crippen molar-refractivity contribution in [2.75, 3.05) is 33.9 Å². The van der Waals surface area contributed by atoms with Gasteiger partial charge in [0.25, 0.3) is 5.56 Å². The Morgan fingerprint density at radius 1 is 0.903 bits per heavy atom. The summed E-state index contributed by atoms with van der Waals surface area (Å²) in [4.78, 5) is 37.7. The molecule has 0 saturated heterocycles. The number of nitrogens with zero attached hydrogens (tertiary/aromatic N) is 1. The van der Waals surface area contributed by atoms with Crippen LogP contribution >= 0.6 is 0 Å². The molecule has 0 fully saturated rings. The topological polar surface area (TPSA) is 105 Å². The first-order valence-electron chi connectivity index (χ1n) is 9.21. The molecule has 2 aromatic carbocycles. The van der Waals surface area contributed by atoms with Gasteiger partial charge in [0.15, 0.2) is 17.2 Å². The summed E-state index contributed by atoms with van der Waals surface area (Å²) in [5.41, 5.74) is 2.55. The fourth-order valence-corrected chi connectivity index (χ4v) is 3.42. The van der Waals surface area contributed by atoms with Crippen molar-refractivity contribution in [1.82, 2.24) is 4.68 Å². The molecule has 1 N–H and O–H groups in total. The number of carbonyl (C=O) groups excluding carboxylic acids is 2. The molecule has 31 heavy (non-hydrogen) atoms. The molecule has 9 nitrogen and oxygen atoms in total. The second-order valence-corrected chi connectivity index (χ2v) is 6.48. The number of benzene rings is 2. The number of pyridine rings is 1. The molecule has 3 rings (SSSR count). The largest absolute Gasteiger partial charge is 0.493 e. The zero-order chi connectivity index (χ0) is 22.7. The minimum absolute atomic E-state index is 0.143. The summed E-state index contributed by atoms with van der Waals surface area (Å²) < 4.78 is 22.1. The Bertz CT molecular complexity index is 1210. The second kappa shape index (κ2) is 8.78. The summed E-state index contributed by atoms with van der Waals surface area (Å²) in [6, 6.07) is 10.1. The Morgan fingerprint density at radius 3 is 1.97 bits per heavy atom. The lowest BCUT2D eigenvalue weighted by molar-refractivity contribution is -0.115. The molecule has 0 atom stereocenters. The molecule has 0 aliphatic heterocycles. The maximum absolute atomic E-state index is 13.1. The number of aromatic nitrogens is 1. The third-order valence-corrected chi connectivity index (χ3v) is 4.69. The highest BCUT2D eigenvalue weighted by Crippen LogP contribution is 2.43. The molecule has 9 heteroatoms. The van der Waals surface area contributed by atoms with Gasteiger partial charge in [-0.1, -0.05) is 18.2 Å². The normalized spacial score (nSPS) is 10.5. The average Bonchev–Trinajstić information content (AvgIpc) is 2.78. The Morgan fingerprint density at radius 2 is 1.48 bits per heavy atom. The number of esters is 1. The fourth-order valence-electron chi connectivity index (χ4n) is 3.42. The van der Waals surface area contributed by atoms with E-state index in [-0.39, 0.29) is 5.69 Å². The molecule has 1 aromatic heterocycles. The number of carbonyl (C=O) groups is 2. The lowest BCUT2D eigenvalue weighted by Gasteiger charge is -2.20. The second-order valence-electron chi connectivity index (χ2n) is 6.48. The van der Waals surface area contributed by atoms with Gasteiger partial charge in [-0.3, -0.25) is 15.0 Å². The van der Waals surface area contributed by atoms with E-state index in [2.05, 4.69) is 5.43 Å². The molecular weight excluding hydrogens is 404 g/mol. The van der Waals surface area contributed by atoms with Crippen LogP contribution in [0.4, 0.5) is 0 Å². The molecule has 0 aliphatic carbocycles. The first kappa shape index (κ1) is 21.7. The summed E-state index contributed by atoms with van der Waals surface area (Å²) in [6.07, 6.45) is 0. The van der Waals surface area contributed by atoms with Crippen molar-refractivity contribution in [3.63, 3.8) is 0 Å². The fraction of sp³-hybridized carbons (Fsp3) is 0.227. The van der Waals surface area contributed by atoms with Crippen LogP contribution in [0, 0.1) is 0 Å². The molecule has 0 spiro atoms. The zero-order valence-electron chi connectivity index (χ0n) is 17.8. The van der Waals surface area contributed by atoms with E-state index in [1.807, 2.05) is 0 Å². The molecule has 0 aliphatic rings. The lowest BCUT2D eigenvalue weighted by atomic mass is 9.96. The number of hydrogen-bond acceptors (Lipinski definition) is 7. The van der Waals surface area contributed by atoms with Gasteiger partial charge in [0, 0.05) is 17.9 Å². The van der Waals surface area contributed by atoms with Gasteiger partial charge in [0.05, 0.1) is 28.4 Å². The van der Waals surface area contributed by atoms with E-state index in [9.17, 15) is 14.4 Å². The van der Waals surface area contributed by atoms with E-state index in [0.29, 0.717) is 39.1 Å². The number of ether oxygens (including phenoxy) is 4. The number of amides is 1. The monoisotopic (exact) mass is 426 g/mol. The van der Waals surface area contributed by atoms with E-state index in [4.69, 9.17) is 18.9 Å². The molecule has 0 bridgehead atoms. The van der Waals surface area contributed by atoms with Gasteiger partial charge in [-0.25, -0.2) is 9.47 Å². The van der Waals surface area contributed by atoms with E-state index >= 15 is 0 Å². The quantitative estimate of drug-likeness (QED) is 0.604. The Hall–Kier alpha value is -4.01. The molecule has 1 amide bonds. The third kappa shape index (κ3) is 3.77. The summed E-state index contributed by atoms with van der Waals surface area (Å²) in [5.74, 6) is -0.255. The predicted molar refractivity (Wildman–Crippen MR) is 115 cm³/mol. The highest BCUT2D eigenvalue weighted by Gasteiger charge is 2.26. The van der Waals surface area contributed by atoms with Crippen LogP contribution in [0.2, 0.25) is 0 Å². The molecule has 0 unspecified atom stereocenters. The van der Waals surface area contributed by atoms with E-state index in [0.717, 1.165) is 4.68 Å². The van der Waals surface area contributed by atoms with Crippen LogP contribution in [-0.2, 0) is 9.53 Å². The Balaban J connectivity index is 2.55. The number of rotatable bonds is 6. The highest BCUT2D eigenvalue weighted by atomic mass is 16.5. The minimum atomic E-state index is -0.805. The maximum atomic E-state index is 13.1. The summed E-state index contributed by atoms with van der Waals surface area (Å²) >= 11 is 0. The zero-order valence-corrected chi connectivity index (χ0v) is 17.8. The average molecular weight is 426 g/mol. The number of hydrogen-bond donors (Lipinski definition) is 1. The standard InChI is InChI=1S/C22H22N2O7/c1-12(25)23-24-19(22(27)31-5)18(14-8-6-7-9-15(14)21(24)26)13-10-16(28-2)20(30-4)17(11-13)29-3/h6-11H,1-5H3,(H,23,25). The van der Waals surface area contributed by atoms with Crippen molar-refractivity contribution < 1.29 is 28.5 Å². The van der Waals surface area contributed by atoms with Crippen LogP contribution in [0.5, 0.6) is 17.2 Å². The van der Waals surface area contributed by atoms with Crippen molar-refractivity contribution in [3.05, 3.63) is 52.4 Å². The summed E-state index contributed by atoms with van der Waals surface area (Å²) in [6.45, 7) is 1.24. The van der Waals surface area contributed by atoms with Crippen LogP contribution in [0.25, 0.3) is 21.9 Å². The smallest absolute Gasteiger partial charge is 0.357 e. The Kier molecular flexibility index (Phi) is 6.15. The van der Waals surface area contributed by atoms with Gasteiger partial charge in [-0.05, 0) is 29.1 Å². The van der Waals surface area contributed by atoms with Gasteiger partial charge in [0.1, 0.15) is 0 Å². The van der Waals surface area contributed by atoms with Crippen molar-refractivity contribution >= 4 is 22.6 Å². The number of nitrogens with one attached hydrogen (secondary N) is 1. The third-order valence-electron chi connectivity index (χ3n) is 4.69. The van der Waals surface area contributed by atoms with E-state index in [1.165, 1.54) is 35.4 Å². The SMILES string of the molecule is COC(=O)c1c(-c2cc(OC)c(OC)c(OC)c2)c2ccccc2c(=O)n1NC(C)=O. The summed E-state index contributed by atoms with van der Waals surface area (Å²) in [7, 11) is 5.61. The first-order chi connectivity index (χ1) is 14.9. The van der Waals surface area contributed by atoms with Crippen LogP contribution < -0.4 is 25.2 Å². The van der Waals surface area contributed by atoms with E-state index < -0.39 is 17.4 Å². The van der Waals surface area contributed by atoms with Crippen molar-refractivity contribution in [3.8, 4) is 28.4 Å². The van der Waals surface area contributed by atoms with Crippen LogP contribution in [0.3, 0.4) is 0 Å². The van der Waals surface area contributed by atoms with Gasteiger partial charge < -0.3 is 18.9 Å². The number of fused-ring (bicyclic) bond motifs is 1. The maximum Gasteiger partial charge on any atom is 0.357 e. The molecule has 3 aromatic rings. The van der Waals surface area contributed by atoms with Gasteiger partial charge in [-0.2, -0.15) is 0 Å². The predicted octanol–water partition coefficient (Wildman–Crippen LogP) is 2.57. The van der Waals surface area contributed by atoms with Crippen LogP contribution in [0.1, 0.15) is 17.4 Å². The Labute approximate surface area is 178 Å². The molecule has 0 saturated carbocycles. The van der Waals surface area contributed by atoms with Crippen molar-refractivity contribution in [2.45, 2.75) is 6.92 Å². The van der Waals surface area contributed by atoms with Gasteiger partial charge >= 0.3 is 5.97 Å². The molecule has 1 heterocycles. The van der Waals surface area contributed by atoms with Gasteiger partial charge in [0.2, 0.25) is 11.7 Å². The molecule has 0 radical (unpaired) electrons. The molecule has 162 valence electrons. The van der Waals surface area contributed by atoms with E-state index in [1.54, 1.807) is 36.4 Å². The van der Waals surface area contributed by atoms with Crippen molar-refractivity contribution in [1.29, 1.82) is 0 Å². The van der Waals surface area contributed by atoms with Crippen LogP contribution in [0.15, 0.2) is 41.2 Å². The minimum Gasteiger partial charge on any atom is -0.493 e. The highest BCUT2D eigenvalue weighted by molar-refractivity contribution is 6.07. The van der Waals surface area contributed by atoms with Gasteiger partial charge in [-0.15, -0.1) is 0 Å². The first-order valence-corrected chi connectivity index (χ1v) is 9.21. The van der Waals surface area contributed by atoms with Crippen LogP contribution in [-0.4, -0.2) is 45.0 Å².